The summed E-state index contributed by atoms with van der Waals surface area (Å²) < 4.78 is 0. The average Bonchev–Trinajstić information content (AvgIpc) is 2.72. The summed E-state index contributed by atoms with van der Waals surface area (Å²) >= 11 is 0. The van der Waals surface area contributed by atoms with Crippen molar-refractivity contribution in [3.05, 3.63) is 47.3 Å². The zero-order valence-corrected chi connectivity index (χ0v) is 16.3. The highest BCUT2D eigenvalue weighted by Gasteiger charge is 2.27. The third kappa shape index (κ3) is 3.55. The van der Waals surface area contributed by atoms with E-state index in [0.717, 1.165) is 56.1 Å². The highest BCUT2D eigenvalue weighted by atomic mass is 16.2. The smallest absolute Gasteiger partial charge is 0.277 e. The maximum atomic E-state index is 13.3. The van der Waals surface area contributed by atoms with Gasteiger partial charge in [-0.3, -0.25) is 4.79 Å². The van der Waals surface area contributed by atoms with Crippen molar-refractivity contribution < 1.29 is 4.79 Å². The minimum atomic E-state index is -0.0149. The number of piperidine rings is 1. The lowest BCUT2D eigenvalue weighted by Crippen LogP contribution is -2.41. The normalized spacial score (nSPS) is 19.7. The lowest BCUT2D eigenvalue weighted by Gasteiger charge is -2.35. The van der Waals surface area contributed by atoms with E-state index in [1.807, 2.05) is 36.1 Å². The number of benzene rings is 1. The molecule has 1 unspecified atom stereocenters. The number of carbonyl (C=O) groups excluding carboxylic acids is 1. The Balaban J connectivity index is 1.66. The maximum absolute atomic E-state index is 13.3. The van der Waals surface area contributed by atoms with E-state index in [-0.39, 0.29) is 5.91 Å². The molecule has 0 spiro atoms. The van der Waals surface area contributed by atoms with Crippen LogP contribution in [0.25, 0.3) is 0 Å². The van der Waals surface area contributed by atoms with E-state index in [1.54, 1.807) is 0 Å². The van der Waals surface area contributed by atoms with Crippen molar-refractivity contribution in [1.29, 1.82) is 0 Å². The molecule has 1 atom stereocenters. The van der Waals surface area contributed by atoms with Gasteiger partial charge in [-0.05, 0) is 63.1 Å². The third-order valence-electron chi connectivity index (χ3n) is 5.77. The molecule has 4 rings (SSSR count). The molecule has 2 aliphatic heterocycles. The fourth-order valence-corrected chi connectivity index (χ4v) is 4.36. The van der Waals surface area contributed by atoms with E-state index in [2.05, 4.69) is 22.9 Å². The number of fused-ring (bicyclic) bond motifs is 1. The van der Waals surface area contributed by atoms with Gasteiger partial charge in [-0.1, -0.05) is 25.1 Å². The van der Waals surface area contributed by atoms with E-state index in [1.165, 1.54) is 18.4 Å². The first-order valence-corrected chi connectivity index (χ1v) is 10.2. The van der Waals surface area contributed by atoms with Crippen LogP contribution in [0.5, 0.6) is 0 Å². The highest BCUT2D eigenvalue weighted by molar-refractivity contribution is 6.05. The van der Waals surface area contributed by atoms with Gasteiger partial charge < -0.3 is 9.80 Å². The van der Waals surface area contributed by atoms with E-state index in [9.17, 15) is 4.79 Å². The largest absolute Gasteiger partial charge is 0.338 e. The minimum Gasteiger partial charge on any atom is -0.338 e. The molecule has 1 aromatic carbocycles. The number of amides is 1. The van der Waals surface area contributed by atoms with E-state index in [4.69, 9.17) is 4.98 Å². The molecule has 2 aliphatic rings. The predicted molar refractivity (Wildman–Crippen MR) is 108 cm³/mol. The van der Waals surface area contributed by atoms with Gasteiger partial charge in [0, 0.05) is 30.5 Å². The standard InChI is InChI=1S/C22H28N4O/c1-3-18-11-6-7-13-25(18)22-23-16(2)15-19(24-22)21(27)26-14-8-10-17-9-4-5-12-20(17)26/h4-5,9,12,15,18H,3,6-8,10-11,13-14H2,1-2H3. The Morgan fingerprint density at radius 2 is 2.00 bits per heavy atom. The number of nitrogens with zero attached hydrogens (tertiary/aromatic N) is 4. The Hall–Kier alpha value is -2.43. The molecule has 1 aromatic heterocycles. The van der Waals surface area contributed by atoms with E-state index < -0.39 is 0 Å². The van der Waals surface area contributed by atoms with Gasteiger partial charge in [0.15, 0.2) is 0 Å². The fraction of sp³-hybridized carbons (Fsp3) is 0.500. The van der Waals surface area contributed by atoms with E-state index in [0.29, 0.717) is 11.7 Å². The van der Waals surface area contributed by atoms with E-state index >= 15 is 0 Å². The van der Waals surface area contributed by atoms with Crippen molar-refractivity contribution in [3.63, 3.8) is 0 Å². The molecule has 1 fully saturated rings. The van der Waals surface area contributed by atoms with Crippen molar-refractivity contribution in [1.82, 2.24) is 9.97 Å². The number of hydrogen-bond donors (Lipinski definition) is 0. The second kappa shape index (κ2) is 7.67. The van der Waals surface area contributed by atoms with Gasteiger partial charge in [0.25, 0.3) is 5.91 Å². The van der Waals surface area contributed by atoms with Crippen LogP contribution in [0.15, 0.2) is 30.3 Å². The summed E-state index contributed by atoms with van der Waals surface area (Å²) in [7, 11) is 0. The number of rotatable bonds is 3. The monoisotopic (exact) mass is 364 g/mol. The van der Waals surface area contributed by atoms with Crippen LogP contribution in [0.2, 0.25) is 0 Å². The molecule has 1 amide bonds. The molecule has 27 heavy (non-hydrogen) atoms. The summed E-state index contributed by atoms with van der Waals surface area (Å²) in [6.45, 7) is 5.89. The summed E-state index contributed by atoms with van der Waals surface area (Å²) in [5.74, 6) is 0.703. The average molecular weight is 364 g/mol. The van der Waals surface area contributed by atoms with Crippen molar-refractivity contribution in [3.8, 4) is 0 Å². The lowest BCUT2D eigenvalue weighted by atomic mass is 10.0. The fourth-order valence-electron chi connectivity index (χ4n) is 4.36. The number of para-hydroxylation sites is 1. The van der Waals surface area contributed by atoms with Crippen LogP contribution in [-0.4, -0.2) is 35.0 Å². The van der Waals surface area contributed by atoms with Crippen molar-refractivity contribution in [2.24, 2.45) is 0 Å². The Labute approximate surface area is 161 Å². The van der Waals surface area contributed by atoms with Crippen LogP contribution >= 0.6 is 0 Å². The molecule has 5 heteroatoms. The molecule has 3 heterocycles. The molecular weight excluding hydrogens is 336 g/mol. The Morgan fingerprint density at radius 1 is 1.15 bits per heavy atom. The zero-order chi connectivity index (χ0) is 18.8. The summed E-state index contributed by atoms with van der Waals surface area (Å²) in [6, 6.07) is 10.5. The summed E-state index contributed by atoms with van der Waals surface area (Å²) in [5.41, 5.74) is 3.63. The van der Waals surface area contributed by atoms with Gasteiger partial charge >= 0.3 is 0 Å². The SMILES string of the molecule is CCC1CCCCN1c1nc(C)cc(C(=O)N2CCCc3ccccc32)n1. The van der Waals surface area contributed by atoms with Gasteiger partial charge in [-0.15, -0.1) is 0 Å². The van der Waals surface area contributed by atoms with Crippen LogP contribution in [0.1, 0.15) is 60.8 Å². The van der Waals surface area contributed by atoms with Crippen molar-refractivity contribution in [2.45, 2.75) is 58.4 Å². The summed E-state index contributed by atoms with van der Waals surface area (Å²) in [5, 5.41) is 0. The van der Waals surface area contributed by atoms with Gasteiger partial charge in [-0.25, -0.2) is 9.97 Å². The number of aryl methyl sites for hydroxylation is 2. The first-order valence-electron chi connectivity index (χ1n) is 10.2. The number of anilines is 2. The maximum Gasteiger partial charge on any atom is 0.277 e. The predicted octanol–water partition coefficient (Wildman–Crippen LogP) is 4.15. The Kier molecular flexibility index (Phi) is 5.10. The zero-order valence-electron chi connectivity index (χ0n) is 16.3. The Morgan fingerprint density at radius 3 is 2.85 bits per heavy atom. The van der Waals surface area contributed by atoms with Crippen molar-refractivity contribution in [2.75, 3.05) is 22.9 Å². The molecule has 0 bridgehead atoms. The van der Waals surface area contributed by atoms with Gasteiger partial charge in [0.1, 0.15) is 5.69 Å². The Bertz CT molecular complexity index is 835. The molecule has 0 radical (unpaired) electrons. The topological polar surface area (TPSA) is 49.3 Å². The van der Waals surface area contributed by atoms with Crippen LogP contribution < -0.4 is 9.80 Å². The molecule has 5 nitrogen and oxygen atoms in total. The molecule has 0 N–H and O–H groups in total. The van der Waals surface area contributed by atoms with Crippen LogP contribution in [0, 0.1) is 6.92 Å². The van der Waals surface area contributed by atoms with Gasteiger partial charge in [0.2, 0.25) is 5.95 Å². The summed E-state index contributed by atoms with van der Waals surface area (Å²) in [6.07, 6.45) is 6.70. The van der Waals surface area contributed by atoms with Gasteiger partial charge in [-0.2, -0.15) is 0 Å². The number of carbonyl (C=O) groups is 1. The molecule has 2 aromatic rings. The van der Waals surface area contributed by atoms with Crippen LogP contribution in [-0.2, 0) is 6.42 Å². The minimum absolute atomic E-state index is 0.0149. The van der Waals surface area contributed by atoms with Crippen molar-refractivity contribution >= 4 is 17.5 Å². The number of hydrogen-bond acceptors (Lipinski definition) is 4. The number of aromatic nitrogens is 2. The second-order valence-corrected chi connectivity index (χ2v) is 7.63. The lowest BCUT2D eigenvalue weighted by molar-refractivity contribution is 0.0980. The highest BCUT2D eigenvalue weighted by Crippen LogP contribution is 2.29. The third-order valence-corrected chi connectivity index (χ3v) is 5.77. The molecule has 0 saturated carbocycles. The molecule has 142 valence electrons. The quantitative estimate of drug-likeness (QED) is 0.821. The summed E-state index contributed by atoms with van der Waals surface area (Å²) in [4.78, 5) is 26.9. The molecule has 0 aliphatic carbocycles. The van der Waals surface area contributed by atoms with Crippen LogP contribution in [0.4, 0.5) is 11.6 Å². The molecular formula is C22H28N4O. The van der Waals surface area contributed by atoms with Crippen LogP contribution in [0.3, 0.4) is 0 Å². The van der Waals surface area contributed by atoms with Gasteiger partial charge in [0.05, 0.1) is 0 Å². The molecule has 1 saturated heterocycles. The first kappa shape index (κ1) is 18.0. The first-order chi connectivity index (χ1) is 13.2. The second-order valence-electron chi connectivity index (χ2n) is 7.63.